The van der Waals surface area contributed by atoms with Gasteiger partial charge >= 0.3 is 0 Å². The molecule has 1 fully saturated rings. The average Bonchev–Trinajstić information content (AvgIpc) is 2.74. The molecular formula is C22H37IN4O2. The van der Waals surface area contributed by atoms with Crippen molar-refractivity contribution in [3.8, 4) is 0 Å². The minimum Gasteiger partial charge on any atom is -0.382 e. The van der Waals surface area contributed by atoms with Crippen molar-refractivity contribution in [3.63, 3.8) is 0 Å². The quantitative estimate of drug-likeness (QED) is 0.212. The Morgan fingerprint density at radius 2 is 1.83 bits per heavy atom. The molecule has 2 rings (SSSR count). The average molecular weight is 516 g/mol. The third-order valence-electron chi connectivity index (χ3n) is 4.79. The third-order valence-corrected chi connectivity index (χ3v) is 4.79. The van der Waals surface area contributed by atoms with Crippen LogP contribution in [0.2, 0.25) is 0 Å². The SMILES string of the molecule is CN=C(NCCCCOCCOC)N1CCN(C/C=C/c2ccccc2)CC1.I. The van der Waals surface area contributed by atoms with Crippen molar-refractivity contribution in [2.45, 2.75) is 12.8 Å². The summed E-state index contributed by atoms with van der Waals surface area (Å²) in [5, 5.41) is 3.48. The van der Waals surface area contributed by atoms with E-state index < -0.39 is 0 Å². The highest BCUT2D eigenvalue weighted by molar-refractivity contribution is 14.0. The molecule has 0 unspecified atom stereocenters. The zero-order valence-corrected chi connectivity index (χ0v) is 20.2. The Morgan fingerprint density at radius 3 is 2.52 bits per heavy atom. The zero-order valence-electron chi connectivity index (χ0n) is 17.9. The summed E-state index contributed by atoms with van der Waals surface area (Å²) in [6.45, 7) is 8.21. The summed E-state index contributed by atoms with van der Waals surface area (Å²) >= 11 is 0. The number of guanidine groups is 1. The van der Waals surface area contributed by atoms with Crippen LogP contribution in [-0.4, -0.2) is 89.0 Å². The highest BCUT2D eigenvalue weighted by Crippen LogP contribution is 2.05. The van der Waals surface area contributed by atoms with Crippen LogP contribution in [0.4, 0.5) is 0 Å². The Balaban J connectivity index is 0.00000420. The van der Waals surface area contributed by atoms with Crippen molar-refractivity contribution < 1.29 is 9.47 Å². The molecule has 164 valence electrons. The summed E-state index contributed by atoms with van der Waals surface area (Å²) < 4.78 is 10.5. The summed E-state index contributed by atoms with van der Waals surface area (Å²) in [6, 6.07) is 10.5. The Hall–Kier alpha value is -1.16. The number of halogens is 1. The Bertz CT molecular complexity index is 575. The topological polar surface area (TPSA) is 49.3 Å². The van der Waals surface area contributed by atoms with Crippen LogP contribution in [0.1, 0.15) is 18.4 Å². The lowest BCUT2D eigenvalue weighted by atomic mass is 10.2. The minimum absolute atomic E-state index is 0. The van der Waals surface area contributed by atoms with Gasteiger partial charge in [-0.1, -0.05) is 42.5 Å². The van der Waals surface area contributed by atoms with E-state index in [0.29, 0.717) is 13.2 Å². The zero-order chi connectivity index (χ0) is 19.9. The fraction of sp³-hybridized carbons (Fsp3) is 0.591. The van der Waals surface area contributed by atoms with Gasteiger partial charge in [0.05, 0.1) is 13.2 Å². The van der Waals surface area contributed by atoms with Crippen LogP contribution in [0.5, 0.6) is 0 Å². The van der Waals surface area contributed by atoms with Gasteiger partial charge in [-0.15, -0.1) is 24.0 Å². The van der Waals surface area contributed by atoms with Gasteiger partial charge in [-0.25, -0.2) is 0 Å². The predicted octanol–water partition coefficient (Wildman–Crippen LogP) is 2.95. The van der Waals surface area contributed by atoms with Crippen LogP contribution in [0.15, 0.2) is 41.4 Å². The monoisotopic (exact) mass is 516 g/mol. The van der Waals surface area contributed by atoms with Crippen LogP contribution in [0.3, 0.4) is 0 Å². The third kappa shape index (κ3) is 11.0. The molecule has 1 aromatic rings. The van der Waals surface area contributed by atoms with Crippen LogP contribution in [-0.2, 0) is 9.47 Å². The van der Waals surface area contributed by atoms with Crippen LogP contribution >= 0.6 is 24.0 Å². The molecule has 0 saturated carbocycles. The molecule has 0 aliphatic carbocycles. The molecule has 0 bridgehead atoms. The Kier molecular flexibility index (Phi) is 14.8. The maximum absolute atomic E-state index is 5.49. The number of methoxy groups -OCH3 is 1. The molecule has 0 atom stereocenters. The second-order valence-corrected chi connectivity index (χ2v) is 6.89. The van der Waals surface area contributed by atoms with Gasteiger partial charge in [0, 0.05) is 60.0 Å². The molecule has 29 heavy (non-hydrogen) atoms. The van der Waals surface area contributed by atoms with E-state index in [1.165, 1.54) is 5.56 Å². The number of hydrogen-bond acceptors (Lipinski definition) is 4. The van der Waals surface area contributed by atoms with Gasteiger partial charge in [-0.2, -0.15) is 0 Å². The van der Waals surface area contributed by atoms with E-state index in [2.05, 4.69) is 56.5 Å². The first-order chi connectivity index (χ1) is 13.8. The summed E-state index contributed by atoms with van der Waals surface area (Å²) in [6.07, 6.45) is 6.59. The molecular weight excluding hydrogens is 479 g/mol. The molecule has 1 aromatic carbocycles. The molecule has 7 heteroatoms. The molecule has 1 aliphatic heterocycles. The number of benzene rings is 1. The van der Waals surface area contributed by atoms with E-state index >= 15 is 0 Å². The first kappa shape index (κ1) is 25.9. The van der Waals surface area contributed by atoms with Gasteiger partial charge in [-0.05, 0) is 18.4 Å². The van der Waals surface area contributed by atoms with Gasteiger partial charge in [0.15, 0.2) is 5.96 Å². The minimum atomic E-state index is 0. The fourth-order valence-electron chi connectivity index (χ4n) is 3.15. The second kappa shape index (κ2) is 16.6. The van der Waals surface area contributed by atoms with Crippen molar-refractivity contribution in [2.75, 3.05) is 73.2 Å². The first-order valence-corrected chi connectivity index (χ1v) is 10.3. The highest BCUT2D eigenvalue weighted by Gasteiger charge is 2.18. The van der Waals surface area contributed by atoms with Crippen molar-refractivity contribution in [1.29, 1.82) is 0 Å². The van der Waals surface area contributed by atoms with Crippen molar-refractivity contribution in [3.05, 3.63) is 42.0 Å². The van der Waals surface area contributed by atoms with E-state index in [1.807, 2.05) is 13.1 Å². The summed E-state index contributed by atoms with van der Waals surface area (Å²) in [4.78, 5) is 9.29. The Labute approximate surface area is 193 Å². The highest BCUT2D eigenvalue weighted by atomic mass is 127. The molecule has 6 nitrogen and oxygen atoms in total. The van der Waals surface area contributed by atoms with Gasteiger partial charge in [0.2, 0.25) is 0 Å². The number of aliphatic imine (C=N–C) groups is 1. The number of nitrogens with one attached hydrogen (secondary N) is 1. The molecule has 0 amide bonds. The van der Waals surface area contributed by atoms with E-state index in [0.717, 1.165) is 64.7 Å². The molecule has 0 radical (unpaired) electrons. The maximum Gasteiger partial charge on any atom is 0.193 e. The van der Waals surface area contributed by atoms with Crippen molar-refractivity contribution >= 4 is 36.0 Å². The number of nitrogens with zero attached hydrogens (tertiary/aromatic N) is 3. The van der Waals surface area contributed by atoms with Crippen molar-refractivity contribution in [1.82, 2.24) is 15.1 Å². The number of unbranched alkanes of at least 4 members (excludes halogenated alkanes) is 1. The molecule has 1 N–H and O–H groups in total. The Morgan fingerprint density at radius 1 is 1.07 bits per heavy atom. The predicted molar refractivity (Wildman–Crippen MR) is 132 cm³/mol. The van der Waals surface area contributed by atoms with Crippen molar-refractivity contribution in [2.24, 2.45) is 4.99 Å². The number of ether oxygens (including phenoxy) is 2. The summed E-state index contributed by atoms with van der Waals surface area (Å²) in [7, 11) is 3.56. The van der Waals surface area contributed by atoms with E-state index in [4.69, 9.17) is 9.47 Å². The van der Waals surface area contributed by atoms with Gasteiger partial charge in [0.1, 0.15) is 0 Å². The fourth-order valence-corrected chi connectivity index (χ4v) is 3.15. The lowest BCUT2D eigenvalue weighted by molar-refractivity contribution is 0.0689. The van der Waals surface area contributed by atoms with E-state index in [9.17, 15) is 0 Å². The van der Waals surface area contributed by atoms with Crippen LogP contribution in [0.25, 0.3) is 6.08 Å². The standard InChI is InChI=1S/C22H36N4O2.HI/c1-23-22(24-12-6-7-18-28-20-19-27-2)26-16-14-25(15-17-26)13-8-11-21-9-4-3-5-10-21;/h3-5,8-11H,6-7,12-20H2,1-2H3,(H,23,24);1H/b11-8+;. The van der Waals surface area contributed by atoms with E-state index in [1.54, 1.807) is 7.11 Å². The van der Waals surface area contributed by atoms with Crippen LogP contribution in [0, 0.1) is 0 Å². The van der Waals surface area contributed by atoms with E-state index in [-0.39, 0.29) is 24.0 Å². The normalized spacial score (nSPS) is 15.5. The largest absolute Gasteiger partial charge is 0.382 e. The summed E-state index contributed by atoms with van der Waals surface area (Å²) in [5.74, 6) is 1.01. The maximum atomic E-state index is 5.49. The lowest BCUT2D eigenvalue weighted by Crippen LogP contribution is -2.52. The molecule has 0 aromatic heterocycles. The molecule has 0 spiro atoms. The van der Waals surface area contributed by atoms with Gasteiger partial charge in [0.25, 0.3) is 0 Å². The molecule has 1 saturated heterocycles. The lowest BCUT2D eigenvalue weighted by Gasteiger charge is -2.36. The number of hydrogen-bond donors (Lipinski definition) is 1. The molecule has 1 aliphatic rings. The smallest absolute Gasteiger partial charge is 0.193 e. The number of rotatable bonds is 11. The molecule has 1 heterocycles. The van der Waals surface area contributed by atoms with Gasteiger partial charge in [-0.3, -0.25) is 9.89 Å². The van der Waals surface area contributed by atoms with Gasteiger partial charge < -0.3 is 19.7 Å². The number of piperazine rings is 1. The summed E-state index contributed by atoms with van der Waals surface area (Å²) in [5.41, 5.74) is 1.26. The van der Waals surface area contributed by atoms with Crippen LogP contribution < -0.4 is 5.32 Å². The first-order valence-electron chi connectivity index (χ1n) is 10.3. The second-order valence-electron chi connectivity index (χ2n) is 6.89.